The van der Waals surface area contributed by atoms with E-state index in [1.165, 1.54) is 0 Å². The Balaban J connectivity index is 1.82. The number of carbonyl (C=O) groups is 1. The Morgan fingerprint density at radius 1 is 0.786 bits per heavy atom. The second-order valence-corrected chi connectivity index (χ2v) is 6.88. The van der Waals surface area contributed by atoms with Crippen molar-refractivity contribution < 1.29 is 4.79 Å². The first kappa shape index (κ1) is 16.5. The van der Waals surface area contributed by atoms with Crippen LogP contribution in [0.2, 0.25) is 0 Å². The molecule has 0 aliphatic rings. The number of carbonyl (C=O) groups excluding carboxylic acids is 1. The highest BCUT2D eigenvalue weighted by molar-refractivity contribution is 6.20. The summed E-state index contributed by atoms with van der Waals surface area (Å²) in [5.74, 6) is 0.0161. The van der Waals surface area contributed by atoms with E-state index in [2.05, 4.69) is 10.6 Å². The molecule has 0 bridgehead atoms. The summed E-state index contributed by atoms with van der Waals surface area (Å²) in [6.45, 7) is 0. The molecule has 5 rings (SSSR count). The van der Waals surface area contributed by atoms with Gasteiger partial charge in [0, 0.05) is 28.9 Å². The summed E-state index contributed by atoms with van der Waals surface area (Å²) in [6.07, 6.45) is 0. The molecule has 3 aromatic carbocycles. The molecule has 0 fully saturated rings. The van der Waals surface area contributed by atoms with Crippen molar-refractivity contribution in [2.45, 2.75) is 0 Å². The molecule has 0 atom stereocenters. The first-order chi connectivity index (χ1) is 13.7. The number of hydrogen-bond acceptors (Lipinski definition) is 2. The lowest BCUT2D eigenvalue weighted by molar-refractivity contribution is 0.104. The van der Waals surface area contributed by atoms with Gasteiger partial charge in [-0.05, 0) is 18.2 Å². The van der Waals surface area contributed by atoms with E-state index in [1.807, 2.05) is 92.0 Å². The van der Waals surface area contributed by atoms with Crippen LogP contribution in [0.1, 0.15) is 15.9 Å². The minimum atomic E-state index is 0.0161. The Morgan fingerprint density at radius 2 is 1.50 bits per heavy atom. The number of benzene rings is 3. The topological polar surface area (TPSA) is 34.9 Å². The minimum Gasteiger partial charge on any atom is -0.342 e. The average molecular weight is 362 g/mol. The van der Waals surface area contributed by atoms with Crippen molar-refractivity contribution in [1.29, 1.82) is 0 Å². The van der Waals surface area contributed by atoms with E-state index in [-0.39, 0.29) is 5.78 Å². The van der Waals surface area contributed by atoms with Crippen molar-refractivity contribution in [3.05, 3.63) is 102 Å². The first-order valence-electron chi connectivity index (χ1n) is 9.27. The van der Waals surface area contributed by atoms with Crippen molar-refractivity contribution in [3.63, 3.8) is 0 Å². The highest BCUT2D eigenvalue weighted by Gasteiger charge is 2.23. The van der Waals surface area contributed by atoms with Gasteiger partial charge in [0.05, 0.1) is 22.5 Å². The molecule has 0 amide bonds. The SMILES string of the molecule is Cn1c(-c2ccc3ccccc3n2)c(C(=O)c2ccccc2)c2ccccc21. The van der Waals surface area contributed by atoms with Gasteiger partial charge in [0.1, 0.15) is 0 Å². The zero-order valence-corrected chi connectivity index (χ0v) is 15.5. The third-order valence-electron chi connectivity index (χ3n) is 5.21. The highest BCUT2D eigenvalue weighted by atomic mass is 16.1. The summed E-state index contributed by atoms with van der Waals surface area (Å²) in [4.78, 5) is 18.4. The Hall–Kier alpha value is -3.72. The predicted octanol–water partition coefficient (Wildman–Crippen LogP) is 5.62. The molecule has 0 N–H and O–H groups in total. The van der Waals surface area contributed by atoms with Gasteiger partial charge in [-0.1, -0.05) is 72.8 Å². The van der Waals surface area contributed by atoms with Crippen LogP contribution in [0, 0.1) is 0 Å². The van der Waals surface area contributed by atoms with Crippen molar-refractivity contribution in [2.24, 2.45) is 7.05 Å². The predicted molar refractivity (Wildman–Crippen MR) is 114 cm³/mol. The van der Waals surface area contributed by atoms with Crippen molar-refractivity contribution in [3.8, 4) is 11.4 Å². The second-order valence-electron chi connectivity index (χ2n) is 6.88. The molecule has 0 saturated heterocycles. The lowest BCUT2D eigenvalue weighted by atomic mass is 9.98. The molecule has 5 aromatic rings. The number of aryl methyl sites for hydroxylation is 1. The monoisotopic (exact) mass is 362 g/mol. The average Bonchev–Trinajstić information content (AvgIpc) is 3.06. The fraction of sp³-hybridized carbons (Fsp3) is 0.0400. The quantitative estimate of drug-likeness (QED) is 0.390. The van der Waals surface area contributed by atoms with Crippen molar-refractivity contribution in [2.75, 3.05) is 0 Å². The lowest BCUT2D eigenvalue weighted by Crippen LogP contribution is -2.04. The van der Waals surface area contributed by atoms with Crippen LogP contribution in [0.15, 0.2) is 91.0 Å². The molecule has 28 heavy (non-hydrogen) atoms. The maximum absolute atomic E-state index is 13.5. The van der Waals surface area contributed by atoms with E-state index >= 15 is 0 Å². The minimum absolute atomic E-state index is 0.0161. The smallest absolute Gasteiger partial charge is 0.195 e. The van der Waals surface area contributed by atoms with E-state index in [0.29, 0.717) is 11.1 Å². The Kier molecular flexibility index (Phi) is 3.80. The summed E-state index contributed by atoms with van der Waals surface area (Å²) < 4.78 is 2.07. The van der Waals surface area contributed by atoms with Gasteiger partial charge in [-0.2, -0.15) is 0 Å². The van der Waals surface area contributed by atoms with E-state index in [4.69, 9.17) is 4.98 Å². The number of para-hydroxylation sites is 2. The van der Waals surface area contributed by atoms with E-state index in [9.17, 15) is 4.79 Å². The molecule has 0 aliphatic carbocycles. The fourth-order valence-electron chi connectivity index (χ4n) is 3.85. The maximum atomic E-state index is 13.5. The van der Waals surface area contributed by atoms with Gasteiger partial charge < -0.3 is 4.57 Å². The molecule has 3 heteroatoms. The number of hydrogen-bond donors (Lipinski definition) is 0. The second kappa shape index (κ2) is 6.46. The molecule has 2 heterocycles. The van der Waals surface area contributed by atoms with Gasteiger partial charge in [-0.3, -0.25) is 4.79 Å². The third-order valence-corrected chi connectivity index (χ3v) is 5.21. The van der Waals surface area contributed by atoms with Gasteiger partial charge in [0.25, 0.3) is 0 Å². The van der Waals surface area contributed by atoms with Crippen LogP contribution in [0.3, 0.4) is 0 Å². The zero-order valence-electron chi connectivity index (χ0n) is 15.5. The Bertz CT molecular complexity index is 1330. The summed E-state index contributed by atoms with van der Waals surface area (Å²) in [5, 5.41) is 2.03. The number of fused-ring (bicyclic) bond motifs is 2. The maximum Gasteiger partial charge on any atom is 0.195 e. The van der Waals surface area contributed by atoms with Crippen molar-refractivity contribution in [1.82, 2.24) is 9.55 Å². The van der Waals surface area contributed by atoms with E-state index in [0.717, 1.165) is 33.2 Å². The Morgan fingerprint density at radius 3 is 2.36 bits per heavy atom. The van der Waals surface area contributed by atoms with Gasteiger partial charge >= 0.3 is 0 Å². The van der Waals surface area contributed by atoms with Gasteiger partial charge in [0.2, 0.25) is 0 Å². The summed E-state index contributed by atoms with van der Waals surface area (Å²) in [5.41, 5.74) is 4.97. The molecular formula is C25H18N2O. The van der Waals surface area contributed by atoms with Crippen LogP contribution in [0.25, 0.3) is 33.2 Å². The highest BCUT2D eigenvalue weighted by Crippen LogP contribution is 2.34. The molecule has 0 unspecified atom stereocenters. The zero-order chi connectivity index (χ0) is 19.1. The number of nitrogens with zero attached hydrogens (tertiary/aromatic N) is 2. The molecule has 0 aliphatic heterocycles. The van der Waals surface area contributed by atoms with E-state index in [1.54, 1.807) is 0 Å². The number of ketones is 1. The van der Waals surface area contributed by atoms with Crippen LogP contribution in [-0.4, -0.2) is 15.3 Å². The number of aromatic nitrogens is 2. The molecule has 0 spiro atoms. The van der Waals surface area contributed by atoms with Crippen LogP contribution in [0.4, 0.5) is 0 Å². The van der Waals surface area contributed by atoms with Gasteiger partial charge in [-0.15, -0.1) is 0 Å². The standard InChI is InChI=1S/C25H18N2O/c1-27-22-14-8-6-12-19(22)23(25(28)18-10-3-2-4-11-18)24(27)21-16-15-17-9-5-7-13-20(17)26-21/h2-16H,1H3. The molecule has 134 valence electrons. The van der Waals surface area contributed by atoms with Crippen LogP contribution in [-0.2, 0) is 7.05 Å². The van der Waals surface area contributed by atoms with Gasteiger partial charge in [0.15, 0.2) is 5.78 Å². The molecular weight excluding hydrogens is 344 g/mol. The largest absolute Gasteiger partial charge is 0.342 e. The number of pyridine rings is 1. The van der Waals surface area contributed by atoms with Crippen molar-refractivity contribution >= 4 is 27.6 Å². The normalized spacial score (nSPS) is 11.2. The third kappa shape index (κ3) is 2.52. The van der Waals surface area contributed by atoms with Crippen LogP contribution < -0.4 is 0 Å². The van der Waals surface area contributed by atoms with Gasteiger partial charge in [-0.25, -0.2) is 4.98 Å². The van der Waals surface area contributed by atoms with Crippen LogP contribution >= 0.6 is 0 Å². The van der Waals surface area contributed by atoms with E-state index < -0.39 is 0 Å². The number of rotatable bonds is 3. The lowest BCUT2D eigenvalue weighted by Gasteiger charge is -2.09. The summed E-state index contributed by atoms with van der Waals surface area (Å²) in [6, 6.07) is 29.6. The van der Waals surface area contributed by atoms with Crippen LogP contribution in [0.5, 0.6) is 0 Å². The fourth-order valence-corrected chi connectivity index (χ4v) is 3.85. The molecule has 0 saturated carbocycles. The molecule has 3 nitrogen and oxygen atoms in total. The molecule has 2 aromatic heterocycles. The Labute approximate surface area is 162 Å². The molecule has 0 radical (unpaired) electrons. The first-order valence-corrected chi connectivity index (χ1v) is 9.27. The summed E-state index contributed by atoms with van der Waals surface area (Å²) >= 11 is 0. The summed E-state index contributed by atoms with van der Waals surface area (Å²) in [7, 11) is 2.00.